The van der Waals surface area contributed by atoms with Gasteiger partial charge in [-0.2, -0.15) is 0 Å². The van der Waals surface area contributed by atoms with Crippen LogP contribution in [-0.4, -0.2) is 10.8 Å². The van der Waals surface area contributed by atoms with Gasteiger partial charge in [0.2, 0.25) is 0 Å². The Morgan fingerprint density at radius 1 is 0.909 bits per heavy atom. The molecule has 3 aromatic rings. The third kappa shape index (κ3) is 3.26. The summed E-state index contributed by atoms with van der Waals surface area (Å²) in [4.78, 5) is 18.0. The molecule has 0 N–H and O–H groups in total. The lowest BCUT2D eigenvalue weighted by molar-refractivity contribution is 0.103. The standard InChI is InChI=1S/C19H15NOS/c1-14-12-16(18(21)15-8-4-2-5-9-15)13-20-19(14)22-17-10-6-3-7-11-17/h2-13H,1H3. The van der Waals surface area contributed by atoms with E-state index in [0.29, 0.717) is 11.1 Å². The molecule has 1 heterocycles. The Bertz CT molecular complexity index is 785. The molecule has 0 unspecified atom stereocenters. The summed E-state index contributed by atoms with van der Waals surface area (Å²) >= 11 is 1.61. The highest BCUT2D eigenvalue weighted by Crippen LogP contribution is 2.28. The maximum absolute atomic E-state index is 12.4. The molecule has 0 bridgehead atoms. The first-order valence-corrected chi connectivity index (χ1v) is 7.85. The molecule has 0 atom stereocenters. The Morgan fingerprint density at radius 3 is 2.18 bits per heavy atom. The van der Waals surface area contributed by atoms with Gasteiger partial charge in [-0.1, -0.05) is 60.3 Å². The molecule has 0 aliphatic carbocycles. The van der Waals surface area contributed by atoms with Crippen LogP contribution in [0.5, 0.6) is 0 Å². The molecule has 2 nitrogen and oxygen atoms in total. The van der Waals surface area contributed by atoms with Crippen molar-refractivity contribution in [1.82, 2.24) is 4.98 Å². The molecule has 22 heavy (non-hydrogen) atoms. The van der Waals surface area contributed by atoms with Crippen LogP contribution in [0.3, 0.4) is 0 Å². The normalized spacial score (nSPS) is 10.4. The quantitative estimate of drug-likeness (QED) is 0.650. The van der Waals surface area contributed by atoms with Crippen LogP contribution in [0.1, 0.15) is 21.5 Å². The number of benzene rings is 2. The summed E-state index contributed by atoms with van der Waals surface area (Å²) in [5.74, 6) is 0.00691. The number of hydrogen-bond acceptors (Lipinski definition) is 3. The Kier molecular flexibility index (Phi) is 4.35. The Hall–Kier alpha value is -2.39. The molecule has 0 spiro atoms. The molecule has 2 aromatic carbocycles. The van der Waals surface area contributed by atoms with Crippen LogP contribution in [0.15, 0.2) is 82.8 Å². The van der Waals surface area contributed by atoms with Gasteiger partial charge in [-0.05, 0) is 30.7 Å². The lowest BCUT2D eigenvalue weighted by Gasteiger charge is -2.07. The van der Waals surface area contributed by atoms with Gasteiger partial charge >= 0.3 is 0 Å². The van der Waals surface area contributed by atoms with Gasteiger partial charge < -0.3 is 0 Å². The van der Waals surface area contributed by atoms with Gasteiger partial charge in [0.25, 0.3) is 0 Å². The van der Waals surface area contributed by atoms with Gasteiger partial charge in [0.15, 0.2) is 5.78 Å². The van der Waals surface area contributed by atoms with Gasteiger partial charge in [-0.25, -0.2) is 4.98 Å². The zero-order valence-corrected chi connectivity index (χ0v) is 13.0. The number of aromatic nitrogens is 1. The minimum absolute atomic E-state index is 0.00691. The monoisotopic (exact) mass is 305 g/mol. The summed E-state index contributed by atoms with van der Waals surface area (Å²) in [6.45, 7) is 1.99. The fourth-order valence-electron chi connectivity index (χ4n) is 2.15. The predicted molar refractivity (Wildman–Crippen MR) is 89.4 cm³/mol. The zero-order valence-electron chi connectivity index (χ0n) is 12.2. The second-order valence-corrected chi connectivity index (χ2v) is 6.02. The summed E-state index contributed by atoms with van der Waals surface area (Å²) in [5.41, 5.74) is 2.32. The van der Waals surface area contributed by atoms with Crippen LogP contribution >= 0.6 is 11.8 Å². The van der Waals surface area contributed by atoms with Gasteiger partial charge in [0.05, 0.1) is 0 Å². The lowest BCUT2D eigenvalue weighted by atomic mass is 10.0. The van der Waals surface area contributed by atoms with E-state index in [-0.39, 0.29) is 5.78 Å². The van der Waals surface area contributed by atoms with Crippen molar-refractivity contribution in [2.45, 2.75) is 16.8 Å². The van der Waals surface area contributed by atoms with E-state index >= 15 is 0 Å². The largest absolute Gasteiger partial charge is 0.289 e. The highest BCUT2D eigenvalue weighted by Gasteiger charge is 2.11. The Labute approximate surface area is 134 Å². The number of hydrogen-bond donors (Lipinski definition) is 0. The van der Waals surface area contributed by atoms with E-state index in [2.05, 4.69) is 17.1 Å². The molecule has 108 valence electrons. The van der Waals surface area contributed by atoms with Crippen LogP contribution in [0.25, 0.3) is 0 Å². The molecular weight excluding hydrogens is 290 g/mol. The van der Waals surface area contributed by atoms with Crippen molar-refractivity contribution in [1.29, 1.82) is 0 Å². The number of rotatable bonds is 4. The second kappa shape index (κ2) is 6.58. The Morgan fingerprint density at radius 2 is 1.55 bits per heavy atom. The maximum Gasteiger partial charge on any atom is 0.194 e. The van der Waals surface area contributed by atoms with Gasteiger partial charge in [0, 0.05) is 22.2 Å². The fourth-order valence-corrected chi connectivity index (χ4v) is 2.99. The summed E-state index contributed by atoms with van der Waals surface area (Å²) in [6.07, 6.45) is 1.66. The number of carbonyl (C=O) groups excluding carboxylic acids is 1. The maximum atomic E-state index is 12.4. The summed E-state index contributed by atoms with van der Waals surface area (Å²) < 4.78 is 0. The van der Waals surface area contributed by atoms with E-state index in [0.717, 1.165) is 15.5 Å². The minimum atomic E-state index is 0.00691. The van der Waals surface area contributed by atoms with Crippen LogP contribution in [0, 0.1) is 6.92 Å². The highest BCUT2D eigenvalue weighted by molar-refractivity contribution is 7.99. The minimum Gasteiger partial charge on any atom is -0.289 e. The lowest BCUT2D eigenvalue weighted by Crippen LogP contribution is -2.02. The summed E-state index contributed by atoms with van der Waals surface area (Å²) in [7, 11) is 0. The van der Waals surface area contributed by atoms with Gasteiger partial charge in [-0.3, -0.25) is 4.79 Å². The first-order valence-electron chi connectivity index (χ1n) is 7.03. The van der Waals surface area contributed by atoms with Gasteiger partial charge in [-0.15, -0.1) is 0 Å². The summed E-state index contributed by atoms with van der Waals surface area (Å²) in [5, 5.41) is 0.927. The zero-order chi connectivity index (χ0) is 15.4. The van der Waals surface area contributed by atoms with Crippen molar-refractivity contribution >= 4 is 17.5 Å². The van der Waals surface area contributed by atoms with E-state index in [1.54, 1.807) is 18.0 Å². The van der Waals surface area contributed by atoms with Gasteiger partial charge in [0.1, 0.15) is 5.03 Å². The average molecular weight is 305 g/mol. The number of aryl methyl sites for hydroxylation is 1. The number of carbonyl (C=O) groups is 1. The summed E-state index contributed by atoms with van der Waals surface area (Å²) in [6, 6.07) is 21.3. The number of ketones is 1. The molecular formula is C19H15NOS. The van der Waals surface area contributed by atoms with Crippen LogP contribution in [-0.2, 0) is 0 Å². The molecule has 3 rings (SSSR count). The molecule has 0 saturated carbocycles. The third-order valence-corrected chi connectivity index (χ3v) is 4.41. The molecule has 0 radical (unpaired) electrons. The van der Waals surface area contributed by atoms with Crippen LogP contribution in [0.2, 0.25) is 0 Å². The van der Waals surface area contributed by atoms with E-state index in [1.807, 2.05) is 61.5 Å². The number of pyridine rings is 1. The van der Waals surface area contributed by atoms with Crippen molar-refractivity contribution in [2.24, 2.45) is 0 Å². The van der Waals surface area contributed by atoms with Crippen molar-refractivity contribution in [3.05, 3.63) is 89.6 Å². The molecule has 1 aromatic heterocycles. The van der Waals surface area contributed by atoms with Crippen molar-refractivity contribution in [2.75, 3.05) is 0 Å². The van der Waals surface area contributed by atoms with E-state index < -0.39 is 0 Å². The Balaban J connectivity index is 1.85. The average Bonchev–Trinajstić information content (AvgIpc) is 2.58. The third-order valence-electron chi connectivity index (χ3n) is 3.29. The van der Waals surface area contributed by atoms with Crippen LogP contribution < -0.4 is 0 Å². The second-order valence-electron chi connectivity index (χ2n) is 4.96. The highest BCUT2D eigenvalue weighted by atomic mass is 32.2. The van der Waals surface area contributed by atoms with E-state index in [9.17, 15) is 4.79 Å². The van der Waals surface area contributed by atoms with Crippen molar-refractivity contribution in [3.8, 4) is 0 Å². The SMILES string of the molecule is Cc1cc(C(=O)c2ccccc2)cnc1Sc1ccccc1. The van der Waals surface area contributed by atoms with E-state index in [1.165, 1.54) is 0 Å². The van der Waals surface area contributed by atoms with E-state index in [4.69, 9.17) is 0 Å². The molecule has 0 aliphatic heterocycles. The van der Waals surface area contributed by atoms with Crippen LogP contribution in [0.4, 0.5) is 0 Å². The first-order chi connectivity index (χ1) is 10.7. The van der Waals surface area contributed by atoms with Crippen molar-refractivity contribution in [3.63, 3.8) is 0 Å². The smallest absolute Gasteiger partial charge is 0.194 e. The molecule has 3 heteroatoms. The molecule has 0 fully saturated rings. The number of nitrogens with zero attached hydrogens (tertiary/aromatic N) is 1. The molecule has 0 aliphatic rings. The van der Waals surface area contributed by atoms with Crippen molar-refractivity contribution < 1.29 is 4.79 Å². The topological polar surface area (TPSA) is 30.0 Å². The predicted octanol–water partition coefficient (Wildman–Crippen LogP) is 4.77. The fraction of sp³-hybridized carbons (Fsp3) is 0.0526. The first kappa shape index (κ1) is 14.5. The molecule has 0 amide bonds. The molecule has 0 saturated heterocycles.